The standard InChI is InChI=1S/C28H41N3/c1-6-13-30-14-16-31(17-15-30)26-11-10-22(25-9-7-8-12-29-25)18-24(26)23-19-27(2,3)21-28(4,5)20-23/h7-12,18,23H,6,13-17,19-21H2,1-5H3. The van der Waals surface area contributed by atoms with E-state index in [4.69, 9.17) is 0 Å². The van der Waals surface area contributed by atoms with Crippen molar-refractivity contribution in [3.05, 3.63) is 48.2 Å². The third-order valence-corrected chi connectivity index (χ3v) is 7.24. The summed E-state index contributed by atoms with van der Waals surface area (Å²) in [5, 5.41) is 0. The summed E-state index contributed by atoms with van der Waals surface area (Å²) in [5.41, 5.74) is 6.11. The van der Waals surface area contributed by atoms with Gasteiger partial charge in [0.15, 0.2) is 0 Å². The number of piperazine rings is 1. The lowest BCUT2D eigenvalue weighted by molar-refractivity contribution is 0.0970. The number of hydrogen-bond acceptors (Lipinski definition) is 3. The van der Waals surface area contributed by atoms with Crippen LogP contribution in [0.3, 0.4) is 0 Å². The SMILES string of the molecule is CCCN1CCN(c2ccc(-c3ccccn3)cc2C2CC(C)(C)CC(C)(C)C2)CC1. The van der Waals surface area contributed by atoms with Crippen LogP contribution in [0.1, 0.15) is 71.8 Å². The van der Waals surface area contributed by atoms with Crippen molar-refractivity contribution in [2.75, 3.05) is 37.6 Å². The molecule has 1 aliphatic carbocycles. The molecule has 0 amide bonds. The minimum absolute atomic E-state index is 0.379. The van der Waals surface area contributed by atoms with E-state index in [2.05, 4.69) is 79.7 Å². The predicted octanol–water partition coefficient (Wildman–Crippen LogP) is 6.60. The lowest BCUT2D eigenvalue weighted by Gasteiger charge is -2.46. The van der Waals surface area contributed by atoms with Crippen LogP contribution in [-0.2, 0) is 0 Å². The van der Waals surface area contributed by atoms with Crippen molar-refractivity contribution < 1.29 is 0 Å². The first-order chi connectivity index (χ1) is 14.8. The fraction of sp³-hybridized carbons (Fsp3) is 0.607. The normalized spacial score (nSPS) is 21.9. The molecule has 2 aromatic rings. The third kappa shape index (κ3) is 5.31. The molecule has 4 rings (SSSR count). The van der Waals surface area contributed by atoms with Crippen LogP contribution >= 0.6 is 0 Å². The summed E-state index contributed by atoms with van der Waals surface area (Å²) in [4.78, 5) is 9.91. The zero-order valence-corrected chi connectivity index (χ0v) is 20.3. The number of hydrogen-bond donors (Lipinski definition) is 0. The highest BCUT2D eigenvalue weighted by molar-refractivity contribution is 5.67. The topological polar surface area (TPSA) is 19.4 Å². The maximum atomic E-state index is 4.64. The molecule has 1 aliphatic heterocycles. The maximum Gasteiger partial charge on any atom is 0.0702 e. The molecule has 2 aliphatic rings. The van der Waals surface area contributed by atoms with Gasteiger partial charge in [-0.3, -0.25) is 9.88 Å². The van der Waals surface area contributed by atoms with Crippen molar-refractivity contribution in [1.82, 2.24) is 9.88 Å². The number of aromatic nitrogens is 1. The van der Waals surface area contributed by atoms with Crippen molar-refractivity contribution in [3.8, 4) is 11.3 Å². The average molecular weight is 420 g/mol. The lowest BCUT2D eigenvalue weighted by atomic mass is 9.60. The van der Waals surface area contributed by atoms with Gasteiger partial charge in [-0.25, -0.2) is 0 Å². The highest BCUT2D eigenvalue weighted by atomic mass is 15.3. The van der Waals surface area contributed by atoms with E-state index in [0.29, 0.717) is 16.7 Å². The van der Waals surface area contributed by atoms with E-state index in [1.54, 1.807) is 5.56 Å². The van der Waals surface area contributed by atoms with Gasteiger partial charge in [-0.05, 0) is 78.8 Å². The van der Waals surface area contributed by atoms with Gasteiger partial charge in [0, 0.05) is 43.6 Å². The molecule has 0 atom stereocenters. The predicted molar refractivity (Wildman–Crippen MR) is 133 cm³/mol. The first-order valence-electron chi connectivity index (χ1n) is 12.3. The zero-order chi connectivity index (χ0) is 22.1. The fourth-order valence-corrected chi connectivity index (χ4v) is 6.46. The molecule has 3 heteroatoms. The quantitative estimate of drug-likeness (QED) is 0.544. The Morgan fingerprint density at radius 1 is 0.935 bits per heavy atom. The second kappa shape index (κ2) is 8.94. The van der Waals surface area contributed by atoms with E-state index in [0.717, 1.165) is 18.8 Å². The molecule has 0 spiro atoms. The molecule has 2 fully saturated rings. The van der Waals surface area contributed by atoms with Gasteiger partial charge < -0.3 is 4.90 Å². The highest BCUT2D eigenvalue weighted by Crippen LogP contribution is 2.53. The second-order valence-corrected chi connectivity index (χ2v) is 11.4. The number of pyridine rings is 1. The maximum absolute atomic E-state index is 4.64. The van der Waals surface area contributed by atoms with Gasteiger partial charge in [-0.2, -0.15) is 0 Å². The number of rotatable bonds is 5. The molecule has 168 valence electrons. The molecule has 1 saturated carbocycles. The Hall–Kier alpha value is -1.87. The molecule has 0 unspecified atom stereocenters. The van der Waals surface area contributed by atoms with Crippen LogP contribution in [0.2, 0.25) is 0 Å². The monoisotopic (exact) mass is 419 g/mol. The van der Waals surface area contributed by atoms with Gasteiger partial charge >= 0.3 is 0 Å². The molecule has 0 bridgehead atoms. The lowest BCUT2D eigenvalue weighted by Crippen LogP contribution is -2.47. The summed E-state index contributed by atoms with van der Waals surface area (Å²) in [6.45, 7) is 18.0. The number of benzene rings is 1. The van der Waals surface area contributed by atoms with Gasteiger partial charge in [0.2, 0.25) is 0 Å². The summed E-state index contributed by atoms with van der Waals surface area (Å²) in [7, 11) is 0. The van der Waals surface area contributed by atoms with Crippen LogP contribution in [0.5, 0.6) is 0 Å². The average Bonchev–Trinajstić information content (AvgIpc) is 2.73. The summed E-state index contributed by atoms with van der Waals surface area (Å²) in [6, 6.07) is 13.4. The van der Waals surface area contributed by atoms with Crippen molar-refractivity contribution in [1.29, 1.82) is 0 Å². The van der Waals surface area contributed by atoms with E-state index in [1.165, 1.54) is 56.6 Å². The van der Waals surface area contributed by atoms with E-state index in [-0.39, 0.29) is 0 Å². The molecule has 2 heterocycles. The van der Waals surface area contributed by atoms with Crippen molar-refractivity contribution in [2.45, 2.75) is 66.2 Å². The summed E-state index contributed by atoms with van der Waals surface area (Å²) in [6.07, 6.45) is 7.00. The smallest absolute Gasteiger partial charge is 0.0702 e. The van der Waals surface area contributed by atoms with Gasteiger partial charge in [0.25, 0.3) is 0 Å². The van der Waals surface area contributed by atoms with Crippen LogP contribution in [0.4, 0.5) is 5.69 Å². The molecule has 31 heavy (non-hydrogen) atoms. The van der Waals surface area contributed by atoms with E-state index in [9.17, 15) is 0 Å². The van der Waals surface area contributed by atoms with Crippen LogP contribution in [0.15, 0.2) is 42.6 Å². The minimum atomic E-state index is 0.379. The molecule has 1 aromatic heterocycles. The van der Waals surface area contributed by atoms with E-state index < -0.39 is 0 Å². The molecule has 0 radical (unpaired) electrons. The number of nitrogens with zero attached hydrogens (tertiary/aromatic N) is 3. The van der Waals surface area contributed by atoms with Crippen LogP contribution in [0, 0.1) is 10.8 Å². The Balaban J connectivity index is 1.70. The van der Waals surface area contributed by atoms with Crippen molar-refractivity contribution in [2.24, 2.45) is 10.8 Å². The second-order valence-electron chi connectivity index (χ2n) is 11.4. The molecule has 1 aromatic carbocycles. The largest absolute Gasteiger partial charge is 0.369 e. The Morgan fingerprint density at radius 3 is 2.26 bits per heavy atom. The Morgan fingerprint density at radius 2 is 1.65 bits per heavy atom. The van der Waals surface area contributed by atoms with Gasteiger partial charge in [-0.15, -0.1) is 0 Å². The van der Waals surface area contributed by atoms with Crippen molar-refractivity contribution in [3.63, 3.8) is 0 Å². The molecule has 3 nitrogen and oxygen atoms in total. The van der Waals surface area contributed by atoms with E-state index in [1.807, 2.05) is 12.3 Å². The molecular formula is C28H41N3. The fourth-order valence-electron chi connectivity index (χ4n) is 6.46. The molecule has 1 saturated heterocycles. The van der Waals surface area contributed by atoms with Gasteiger partial charge in [0.05, 0.1) is 5.69 Å². The van der Waals surface area contributed by atoms with Gasteiger partial charge in [-0.1, -0.05) is 46.8 Å². The molecule has 0 N–H and O–H groups in total. The Bertz CT molecular complexity index is 847. The highest BCUT2D eigenvalue weighted by Gasteiger charge is 2.40. The Kier molecular flexibility index (Phi) is 6.44. The van der Waals surface area contributed by atoms with E-state index >= 15 is 0 Å². The summed E-state index contributed by atoms with van der Waals surface area (Å²) < 4.78 is 0. The third-order valence-electron chi connectivity index (χ3n) is 7.24. The van der Waals surface area contributed by atoms with Crippen LogP contribution in [-0.4, -0.2) is 42.6 Å². The number of anilines is 1. The summed E-state index contributed by atoms with van der Waals surface area (Å²) in [5.74, 6) is 0.603. The van der Waals surface area contributed by atoms with Gasteiger partial charge in [0.1, 0.15) is 0 Å². The van der Waals surface area contributed by atoms with Crippen molar-refractivity contribution >= 4 is 5.69 Å². The van der Waals surface area contributed by atoms with Crippen LogP contribution in [0.25, 0.3) is 11.3 Å². The van der Waals surface area contributed by atoms with Crippen LogP contribution < -0.4 is 4.90 Å². The first-order valence-corrected chi connectivity index (χ1v) is 12.3. The first kappa shape index (κ1) is 22.3. The Labute approximate surface area is 189 Å². The zero-order valence-electron chi connectivity index (χ0n) is 20.3. The minimum Gasteiger partial charge on any atom is -0.369 e. The summed E-state index contributed by atoms with van der Waals surface area (Å²) >= 11 is 0. The molecular weight excluding hydrogens is 378 g/mol.